The third-order valence-corrected chi connectivity index (χ3v) is 5.07. The van der Waals surface area contributed by atoms with Gasteiger partial charge in [0.2, 0.25) is 0 Å². The SMILES string of the molecule is Cc1c(-c2ccnnc2)ssc1=S. The van der Waals surface area contributed by atoms with Crippen molar-refractivity contribution in [1.82, 2.24) is 10.2 Å². The molecule has 0 amide bonds. The smallest absolute Gasteiger partial charge is 0.105 e. The van der Waals surface area contributed by atoms with E-state index < -0.39 is 0 Å². The number of hydrogen-bond donors (Lipinski definition) is 0. The lowest BCUT2D eigenvalue weighted by molar-refractivity contribution is 1.03. The Morgan fingerprint density at radius 2 is 2.15 bits per heavy atom. The molecule has 2 nitrogen and oxygen atoms in total. The molecule has 0 aliphatic rings. The van der Waals surface area contributed by atoms with E-state index in [4.69, 9.17) is 12.2 Å². The second-order valence-electron chi connectivity index (χ2n) is 2.54. The molecule has 0 bridgehead atoms. The quantitative estimate of drug-likeness (QED) is 0.551. The molecule has 2 heterocycles. The van der Waals surface area contributed by atoms with Gasteiger partial charge in [-0.25, -0.2) is 0 Å². The summed E-state index contributed by atoms with van der Waals surface area (Å²) < 4.78 is 0.969. The minimum Gasteiger partial charge on any atom is -0.159 e. The molecule has 0 aliphatic heterocycles. The van der Waals surface area contributed by atoms with Crippen LogP contribution in [0.4, 0.5) is 0 Å². The van der Waals surface area contributed by atoms with E-state index in [1.54, 1.807) is 33.1 Å². The van der Waals surface area contributed by atoms with Crippen molar-refractivity contribution in [2.24, 2.45) is 0 Å². The van der Waals surface area contributed by atoms with Crippen molar-refractivity contribution >= 4 is 32.9 Å². The fourth-order valence-electron chi connectivity index (χ4n) is 0.987. The van der Waals surface area contributed by atoms with Crippen LogP contribution < -0.4 is 0 Å². The Kier molecular flexibility index (Phi) is 2.48. The zero-order valence-electron chi connectivity index (χ0n) is 6.85. The molecule has 13 heavy (non-hydrogen) atoms. The molecule has 0 atom stereocenters. The maximum atomic E-state index is 5.17. The Labute approximate surface area is 88.3 Å². The summed E-state index contributed by atoms with van der Waals surface area (Å²) in [5, 5.41) is 7.58. The Hall–Kier alpha value is -0.650. The molecule has 0 N–H and O–H groups in total. The van der Waals surface area contributed by atoms with E-state index in [0.29, 0.717) is 0 Å². The van der Waals surface area contributed by atoms with Crippen molar-refractivity contribution in [2.75, 3.05) is 0 Å². The van der Waals surface area contributed by atoms with Crippen LogP contribution in [0.5, 0.6) is 0 Å². The number of nitrogens with zero attached hydrogens (tertiary/aromatic N) is 2. The van der Waals surface area contributed by atoms with Crippen LogP contribution in [-0.4, -0.2) is 10.2 Å². The molecule has 0 spiro atoms. The Morgan fingerprint density at radius 1 is 1.31 bits per heavy atom. The highest BCUT2D eigenvalue weighted by Gasteiger charge is 2.05. The number of hydrogen-bond acceptors (Lipinski definition) is 5. The van der Waals surface area contributed by atoms with E-state index in [2.05, 4.69) is 10.2 Å². The van der Waals surface area contributed by atoms with E-state index in [1.165, 1.54) is 10.4 Å². The molecular weight excluding hydrogens is 220 g/mol. The highest BCUT2D eigenvalue weighted by atomic mass is 32.9. The molecule has 0 aliphatic carbocycles. The molecule has 0 radical (unpaired) electrons. The van der Waals surface area contributed by atoms with Crippen molar-refractivity contribution < 1.29 is 0 Å². The Morgan fingerprint density at radius 3 is 2.69 bits per heavy atom. The summed E-state index contributed by atoms with van der Waals surface area (Å²) in [5.74, 6) is 0. The van der Waals surface area contributed by atoms with Gasteiger partial charge in [-0.1, -0.05) is 32.9 Å². The van der Waals surface area contributed by atoms with Crippen LogP contribution in [0.3, 0.4) is 0 Å². The lowest BCUT2D eigenvalue weighted by Gasteiger charge is -1.95. The van der Waals surface area contributed by atoms with Gasteiger partial charge in [0.25, 0.3) is 0 Å². The molecule has 0 aromatic carbocycles. The van der Waals surface area contributed by atoms with E-state index in [9.17, 15) is 0 Å². The van der Waals surface area contributed by atoms with E-state index >= 15 is 0 Å². The van der Waals surface area contributed by atoms with Crippen molar-refractivity contribution in [3.8, 4) is 10.4 Å². The van der Waals surface area contributed by atoms with Crippen molar-refractivity contribution in [1.29, 1.82) is 0 Å². The first-order valence-electron chi connectivity index (χ1n) is 3.66. The van der Waals surface area contributed by atoms with Crippen molar-refractivity contribution in [3.63, 3.8) is 0 Å². The van der Waals surface area contributed by atoms with Crippen LogP contribution in [0.25, 0.3) is 10.4 Å². The molecule has 0 saturated heterocycles. The van der Waals surface area contributed by atoms with Gasteiger partial charge < -0.3 is 0 Å². The molecule has 0 fully saturated rings. The highest BCUT2D eigenvalue weighted by molar-refractivity contribution is 7.80. The minimum absolute atomic E-state index is 0.969. The summed E-state index contributed by atoms with van der Waals surface area (Å²) in [5.41, 5.74) is 2.28. The second kappa shape index (κ2) is 3.61. The summed E-state index contributed by atoms with van der Waals surface area (Å²) in [6.45, 7) is 2.05. The van der Waals surface area contributed by atoms with Crippen LogP contribution in [0.15, 0.2) is 18.5 Å². The van der Waals surface area contributed by atoms with Gasteiger partial charge in [0.15, 0.2) is 0 Å². The standard InChI is InChI=1S/C8H6N2S3/c1-5-7(12-13-8(5)11)6-2-3-9-10-4-6/h2-4H,1H3. The van der Waals surface area contributed by atoms with Crippen molar-refractivity contribution in [3.05, 3.63) is 27.8 Å². The molecule has 66 valence electrons. The number of aromatic nitrogens is 2. The van der Waals surface area contributed by atoms with Gasteiger partial charge in [0, 0.05) is 5.56 Å². The first kappa shape index (κ1) is 8.93. The Bertz CT molecular complexity index is 458. The van der Waals surface area contributed by atoms with Gasteiger partial charge in [-0.2, -0.15) is 10.2 Å². The molecule has 0 unspecified atom stereocenters. The predicted octanol–water partition coefficient (Wildman–Crippen LogP) is 3.30. The Balaban J connectivity index is 2.60. The fourth-order valence-corrected chi connectivity index (χ4v) is 3.87. The van der Waals surface area contributed by atoms with Gasteiger partial charge >= 0.3 is 0 Å². The summed E-state index contributed by atoms with van der Waals surface area (Å²) in [4.78, 5) is 1.21. The largest absolute Gasteiger partial charge is 0.159 e. The van der Waals surface area contributed by atoms with Gasteiger partial charge in [0.1, 0.15) is 3.82 Å². The van der Waals surface area contributed by atoms with Crippen LogP contribution >= 0.6 is 32.9 Å². The zero-order chi connectivity index (χ0) is 9.26. The molecule has 2 rings (SSSR count). The third-order valence-electron chi connectivity index (χ3n) is 1.69. The lowest BCUT2D eigenvalue weighted by Crippen LogP contribution is -1.80. The molecule has 2 aromatic heterocycles. The maximum absolute atomic E-state index is 5.17. The monoisotopic (exact) mass is 226 g/mol. The number of rotatable bonds is 1. The van der Waals surface area contributed by atoms with E-state index in [1.807, 2.05) is 13.0 Å². The molecule has 0 saturated carbocycles. The fraction of sp³-hybridized carbons (Fsp3) is 0.125. The first-order valence-corrected chi connectivity index (χ1v) is 6.21. The van der Waals surface area contributed by atoms with Crippen LogP contribution in [0.2, 0.25) is 0 Å². The maximum Gasteiger partial charge on any atom is 0.105 e. The summed E-state index contributed by atoms with van der Waals surface area (Å²) >= 11 is 5.17. The normalized spacial score (nSPS) is 10.2. The minimum atomic E-state index is 0.969. The average molecular weight is 226 g/mol. The van der Waals surface area contributed by atoms with E-state index in [-0.39, 0.29) is 0 Å². The van der Waals surface area contributed by atoms with Gasteiger partial charge in [-0.3, -0.25) is 0 Å². The summed E-state index contributed by atoms with van der Waals surface area (Å²) in [7, 11) is 3.33. The molecule has 2 aromatic rings. The molecular formula is C8H6N2S3. The van der Waals surface area contributed by atoms with E-state index in [0.717, 1.165) is 9.39 Å². The average Bonchev–Trinajstić information content (AvgIpc) is 2.49. The van der Waals surface area contributed by atoms with Gasteiger partial charge in [-0.15, -0.1) is 0 Å². The summed E-state index contributed by atoms with van der Waals surface area (Å²) in [6, 6.07) is 1.95. The van der Waals surface area contributed by atoms with Gasteiger partial charge in [-0.05, 0) is 18.6 Å². The first-order chi connectivity index (χ1) is 6.29. The predicted molar refractivity (Wildman–Crippen MR) is 58.8 cm³/mol. The van der Waals surface area contributed by atoms with Crippen molar-refractivity contribution in [2.45, 2.75) is 6.92 Å². The van der Waals surface area contributed by atoms with Crippen LogP contribution in [-0.2, 0) is 0 Å². The zero-order valence-corrected chi connectivity index (χ0v) is 9.30. The molecule has 5 heteroatoms. The third kappa shape index (κ3) is 1.67. The van der Waals surface area contributed by atoms with Crippen LogP contribution in [0.1, 0.15) is 5.56 Å². The highest BCUT2D eigenvalue weighted by Crippen LogP contribution is 2.32. The summed E-state index contributed by atoms with van der Waals surface area (Å²) in [6.07, 6.45) is 3.46. The van der Waals surface area contributed by atoms with Crippen LogP contribution in [0, 0.1) is 10.7 Å². The lowest BCUT2D eigenvalue weighted by atomic mass is 10.2. The topological polar surface area (TPSA) is 25.8 Å². The second-order valence-corrected chi connectivity index (χ2v) is 5.36. The van der Waals surface area contributed by atoms with Gasteiger partial charge in [0.05, 0.1) is 17.3 Å².